The molecule has 0 aliphatic carbocycles. The van der Waals surface area contributed by atoms with E-state index in [0.717, 1.165) is 53.7 Å². The number of piperidine rings is 1. The van der Waals surface area contributed by atoms with E-state index >= 15 is 0 Å². The average Bonchev–Trinajstić information content (AvgIpc) is 2.93. The second-order valence-corrected chi connectivity index (χ2v) is 9.31. The molecule has 0 bridgehead atoms. The Balaban J connectivity index is 1.16. The number of fused-ring (bicyclic) bond motifs is 1. The van der Waals surface area contributed by atoms with Crippen LogP contribution < -0.4 is 9.64 Å². The Bertz CT molecular complexity index is 1190. The Morgan fingerprint density at radius 2 is 1.49 bits per heavy atom. The van der Waals surface area contributed by atoms with Crippen LogP contribution in [-0.4, -0.2) is 67.5 Å². The highest BCUT2D eigenvalue weighted by Gasteiger charge is 2.32. The zero-order valence-corrected chi connectivity index (χ0v) is 20.4. The number of likely N-dealkylation sites (tertiary alicyclic amines) is 1. The van der Waals surface area contributed by atoms with Gasteiger partial charge in [0.25, 0.3) is 5.91 Å². The molecule has 3 aromatic carbocycles. The number of anilines is 1. The fraction of sp³-hybridized carbons (Fsp3) is 0.379. The summed E-state index contributed by atoms with van der Waals surface area (Å²) in [5, 5.41) is 2.06. The average molecular weight is 472 g/mol. The molecule has 3 aromatic rings. The van der Waals surface area contributed by atoms with E-state index in [-0.39, 0.29) is 17.7 Å². The number of para-hydroxylation sites is 2. The van der Waals surface area contributed by atoms with Gasteiger partial charge in [-0.3, -0.25) is 9.59 Å². The summed E-state index contributed by atoms with van der Waals surface area (Å²) in [6.07, 6.45) is 1.45. The molecule has 2 amide bonds. The first kappa shape index (κ1) is 23.2. The van der Waals surface area contributed by atoms with Crippen LogP contribution in [0.4, 0.5) is 5.69 Å². The Kier molecular flexibility index (Phi) is 6.89. The van der Waals surface area contributed by atoms with Crippen molar-refractivity contribution in [1.82, 2.24) is 9.80 Å². The normalized spacial score (nSPS) is 17.0. The van der Waals surface area contributed by atoms with Gasteiger partial charge >= 0.3 is 0 Å². The molecular formula is C29H33N3O3. The number of benzene rings is 3. The second kappa shape index (κ2) is 10.4. The topological polar surface area (TPSA) is 53.1 Å². The first-order valence-electron chi connectivity index (χ1n) is 12.7. The van der Waals surface area contributed by atoms with E-state index in [1.54, 1.807) is 0 Å². The quantitative estimate of drug-likeness (QED) is 0.552. The van der Waals surface area contributed by atoms with Crippen molar-refractivity contribution in [2.24, 2.45) is 5.92 Å². The molecule has 2 aliphatic heterocycles. The lowest BCUT2D eigenvalue weighted by Gasteiger charge is -2.39. The number of rotatable bonds is 5. The summed E-state index contributed by atoms with van der Waals surface area (Å²) < 4.78 is 5.79. The minimum Gasteiger partial charge on any atom is -0.492 e. The Hall–Kier alpha value is -3.54. The maximum absolute atomic E-state index is 13.3. The fourth-order valence-corrected chi connectivity index (χ4v) is 5.33. The minimum absolute atomic E-state index is 0.00571. The van der Waals surface area contributed by atoms with Crippen LogP contribution in [0.25, 0.3) is 10.8 Å². The second-order valence-electron chi connectivity index (χ2n) is 9.31. The van der Waals surface area contributed by atoms with E-state index in [1.807, 2.05) is 77.4 Å². The van der Waals surface area contributed by atoms with Crippen molar-refractivity contribution < 1.29 is 14.3 Å². The summed E-state index contributed by atoms with van der Waals surface area (Å²) in [6, 6.07) is 22.0. The summed E-state index contributed by atoms with van der Waals surface area (Å²) in [7, 11) is 0. The van der Waals surface area contributed by atoms with Gasteiger partial charge in [-0.1, -0.05) is 48.5 Å². The molecule has 5 rings (SSSR count). The lowest BCUT2D eigenvalue weighted by molar-refractivity contribution is -0.137. The van der Waals surface area contributed by atoms with E-state index in [0.29, 0.717) is 32.8 Å². The van der Waals surface area contributed by atoms with E-state index in [1.165, 1.54) is 0 Å². The van der Waals surface area contributed by atoms with Gasteiger partial charge in [0.15, 0.2) is 0 Å². The number of amides is 2. The van der Waals surface area contributed by atoms with Gasteiger partial charge in [-0.05, 0) is 48.7 Å². The van der Waals surface area contributed by atoms with Crippen molar-refractivity contribution in [1.29, 1.82) is 0 Å². The third-order valence-electron chi connectivity index (χ3n) is 7.25. The molecule has 35 heavy (non-hydrogen) atoms. The number of hydrogen-bond acceptors (Lipinski definition) is 4. The first-order chi connectivity index (χ1) is 17.2. The molecule has 2 saturated heterocycles. The van der Waals surface area contributed by atoms with Gasteiger partial charge in [0.1, 0.15) is 5.75 Å². The standard InChI is InChI=1S/C29H33N3O3/c1-2-35-27-13-6-5-12-26(27)30-18-20-32(21-19-30)28(33)23-14-16-31(17-15-23)29(34)25-11-7-9-22-8-3-4-10-24(22)25/h3-13,23H,2,14-21H2,1H3. The predicted molar refractivity (Wildman–Crippen MR) is 139 cm³/mol. The van der Waals surface area contributed by atoms with Crippen LogP contribution in [0.2, 0.25) is 0 Å². The highest BCUT2D eigenvalue weighted by molar-refractivity contribution is 6.07. The highest BCUT2D eigenvalue weighted by atomic mass is 16.5. The molecule has 0 aromatic heterocycles. The molecule has 0 spiro atoms. The number of hydrogen-bond donors (Lipinski definition) is 0. The summed E-state index contributed by atoms with van der Waals surface area (Å²) in [4.78, 5) is 32.7. The van der Waals surface area contributed by atoms with Crippen LogP contribution in [0, 0.1) is 5.92 Å². The molecule has 0 unspecified atom stereocenters. The molecule has 2 aliphatic rings. The van der Waals surface area contributed by atoms with Gasteiger partial charge in [-0.2, -0.15) is 0 Å². The molecule has 2 fully saturated rings. The van der Waals surface area contributed by atoms with Gasteiger partial charge < -0.3 is 19.4 Å². The van der Waals surface area contributed by atoms with Crippen molar-refractivity contribution in [2.45, 2.75) is 19.8 Å². The van der Waals surface area contributed by atoms with E-state index in [9.17, 15) is 9.59 Å². The van der Waals surface area contributed by atoms with Crippen molar-refractivity contribution in [3.63, 3.8) is 0 Å². The maximum atomic E-state index is 13.3. The minimum atomic E-state index is -0.00571. The lowest BCUT2D eigenvalue weighted by atomic mass is 9.94. The van der Waals surface area contributed by atoms with Gasteiger partial charge in [0.05, 0.1) is 12.3 Å². The lowest BCUT2D eigenvalue weighted by Crippen LogP contribution is -2.52. The molecular weight excluding hydrogens is 438 g/mol. The molecule has 182 valence electrons. The van der Waals surface area contributed by atoms with Gasteiger partial charge in [0, 0.05) is 50.7 Å². The first-order valence-corrected chi connectivity index (χ1v) is 12.7. The highest BCUT2D eigenvalue weighted by Crippen LogP contribution is 2.30. The van der Waals surface area contributed by atoms with Crippen LogP contribution in [0.15, 0.2) is 66.7 Å². The van der Waals surface area contributed by atoms with Crippen LogP contribution in [0.1, 0.15) is 30.1 Å². The zero-order chi connectivity index (χ0) is 24.2. The molecule has 0 saturated carbocycles. The Morgan fingerprint density at radius 1 is 0.800 bits per heavy atom. The fourth-order valence-electron chi connectivity index (χ4n) is 5.33. The smallest absolute Gasteiger partial charge is 0.254 e. The molecule has 0 atom stereocenters. The van der Waals surface area contributed by atoms with Crippen molar-refractivity contribution >= 4 is 28.3 Å². The third kappa shape index (κ3) is 4.83. The summed E-state index contributed by atoms with van der Waals surface area (Å²) in [5.41, 5.74) is 1.85. The molecule has 6 heteroatoms. The zero-order valence-electron chi connectivity index (χ0n) is 20.4. The number of ether oxygens (including phenoxy) is 1. The van der Waals surface area contributed by atoms with Crippen molar-refractivity contribution in [3.8, 4) is 5.75 Å². The van der Waals surface area contributed by atoms with Gasteiger partial charge in [-0.25, -0.2) is 0 Å². The summed E-state index contributed by atoms with van der Waals surface area (Å²) in [6.45, 7) is 6.91. The SMILES string of the molecule is CCOc1ccccc1N1CCN(C(=O)C2CCN(C(=O)c3cccc4ccccc34)CC2)CC1. The number of carbonyl (C=O) groups is 2. The Morgan fingerprint density at radius 3 is 2.26 bits per heavy atom. The van der Waals surface area contributed by atoms with E-state index in [4.69, 9.17) is 4.74 Å². The van der Waals surface area contributed by atoms with E-state index in [2.05, 4.69) is 11.0 Å². The third-order valence-corrected chi connectivity index (χ3v) is 7.25. The molecule has 0 radical (unpaired) electrons. The molecule has 6 nitrogen and oxygen atoms in total. The Labute approximate surface area is 207 Å². The predicted octanol–water partition coefficient (Wildman–Crippen LogP) is 4.44. The monoisotopic (exact) mass is 471 g/mol. The number of nitrogens with zero attached hydrogens (tertiary/aromatic N) is 3. The maximum Gasteiger partial charge on any atom is 0.254 e. The van der Waals surface area contributed by atoms with Gasteiger partial charge in [-0.15, -0.1) is 0 Å². The van der Waals surface area contributed by atoms with Crippen LogP contribution >= 0.6 is 0 Å². The van der Waals surface area contributed by atoms with E-state index < -0.39 is 0 Å². The molecule has 2 heterocycles. The summed E-state index contributed by atoms with van der Waals surface area (Å²) in [5.74, 6) is 1.20. The van der Waals surface area contributed by atoms with Crippen LogP contribution in [0.5, 0.6) is 5.75 Å². The molecule has 0 N–H and O–H groups in total. The number of carbonyl (C=O) groups excluding carboxylic acids is 2. The van der Waals surface area contributed by atoms with Crippen molar-refractivity contribution in [3.05, 3.63) is 72.3 Å². The largest absolute Gasteiger partial charge is 0.492 e. The van der Waals surface area contributed by atoms with Gasteiger partial charge in [0.2, 0.25) is 5.91 Å². The van der Waals surface area contributed by atoms with Crippen LogP contribution in [0.3, 0.4) is 0 Å². The van der Waals surface area contributed by atoms with Crippen LogP contribution in [-0.2, 0) is 4.79 Å². The summed E-state index contributed by atoms with van der Waals surface area (Å²) >= 11 is 0. The van der Waals surface area contributed by atoms with Crippen molar-refractivity contribution in [2.75, 3.05) is 50.8 Å². The number of piperazine rings is 1.